The van der Waals surface area contributed by atoms with Gasteiger partial charge in [-0.3, -0.25) is 14.6 Å². The van der Waals surface area contributed by atoms with Crippen LogP contribution in [0, 0.1) is 25.5 Å². The Labute approximate surface area is 177 Å². The third-order valence-corrected chi connectivity index (χ3v) is 5.90. The second kappa shape index (κ2) is 9.47. The molecule has 0 aliphatic carbocycles. The fourth-order valence-electron chi connectivity index (χ4n) is 3.54. The number of benzene rings is 1. The molecule has 1 amide bonds. The van der Waals surface area contributed by atoms with Crippen molar-refractivity contribution < 1.29 is 4.79 Å². The van der Waals surface area contributed by atoms with Crippen molar-refractivity contribution >= 4 is 23.8 Å². The lowest BCUT2D eigenvalue weighted by atomic mass is 10.1. The topological polar surface area (TPSA) is 58.3 Å². The molecule has 0 unspecified atom stereocenters. The summed E-state index contributed by atoms with van der Waals surface area (Å²) >= 11 is 5.53. The molecule has 1 N–H and O–H groups in total. The Morgan fingerprint density at radius 3 is 2.59 bits per heavy atom. The first-order valence-electron chi connectivity index (χ1n) is 9.95. The van der Waals surface area contributed by atoms with E-state index in [1.165, 1.54) is 5.56 Å². The number of nitrogens with zero attached hydrogens (tertiary/aromatic N) is 5. The molecular weight excluding hydrogens is 384 g/mol. The van der Waals surface area contributed by atoms with Gasteiger partial charge in [0.25, 0.3) is 0 Å². The number of carbonyl (C=O) groups is 1. The Bertz CT molecular complexity index is 939. The zero-order chi connectivity index (χ0) is 21.0. The highest BCUT2D eigenvalue weighted by Gasteiger charge is 2.20. The summed E-state index contributed by atoms with van der Waals surface area (Å²) in [4.78, 5) is 17.0. The van der Waals surface area contributed by atoms with Gasteiger partial charge in [0.2, 0.25) is 5.91 Å². The largest absolute Gasteiger partial charge is 0.325 e. The summed E-state index contributed by atoms with van der Waals surface area (Å²) < 4.78 is 4.57. The molecule has 8 heteroatoms. The SMILES string of the molecule is C=CCn1c(C)nn(CN2CCN(CC(=O)Nc3cccc(C)c3C)CC2)c1=S. The molecule has 29 heavy (non-hydrogen) atoms. The quantitative estimate of drug-likeness (QED) is 0.558. The molecule has 0 saturated carbocycles. The van der Waals surface area contributed by atoms with E-state index in [-0.39, 0.29) is 5.91 Å². The van der Waals surface area contributed by atoms with Gasteiger partial charge in [-0.25, -0.2) is 4.68 Å². The van der Waals surface area contributed by atoms with Crippen LogP contribution in [-0.2, 0) is 18.0 Å². The minimum absolute atomic E-state index is 0.0353. The van der Waals surface area contributed by atoms with Gasteiger partial charge in [0.1, 0.15) is 5.82 Å². The first-order chi connectivity index (χ1) is 13.9. The number of amides is 1. The molecule has 156 valence electrons. The third-order valence-electron chi connectivity index (χ3n) is 5.46. The zero-order valence-corrected chi connectivity index (χ0v) is 18.3. The number of hydrogen-bond donors (Lipinski definition) is 1. The van der Waals surface area contributed by atoms with Gasteiger partial charge in [0.05, 0.1) is 13.2 Å². The number of aryl methyl sites for hydroxylation is 2. The zero-order valence-electron chi connectivity index (χ0n) is 17.5. The Kier molecular flexibility index (Phi) is 7.00. The minimum Gasteiger partial charge on any atom is -0.325 e. The third kappa shape index (κ3) is 5.20. The van der Waals surface area contributed by atoms with E-state index in [4.69, 9.17) is 12.2 Å². The molecule has 1 fully saturated rings. The number of rotatable bonds is 7. The van der Waals surface area contributed by atoms with Crippen LogP contribution in [0.25, 0.3) is 0 Å². The second-order valence-corrected chi connectivity index (χ2v) is 7.93. The lowest BCUT2D eigenvalue weighted by Crippen LogP contribution is -2.49. The van der Waals surface area contributed by atoms with E-state index in [2.05, 4.69) is 39.8 Å². The summed E-state index contributed by atoms with van der Waals surface area (Å²) in [5.74, 6) is 0.935. The van der Waals surface area contributed by atoms with Crippen molar-refractivity contribution in [2.45, 2.75) is 34.0 Å². The van der Waals surface area contributed by atoms with Gasteiger partial charge < -0.3 is 9.88 Å². The number of nitrogens with one attached hydrogen (secondary N) is 1. The number of piperazine rings is 1. The van der Waals surface area contributed by atoms with E-state index >= 15 is 0 Å². The molecule has 1 aromatic carbocycles. The van der Waals surface area contributed by atoms with Crippen LogP contribution in [-0.4, -0.2) is 62.8 Å². The molecule has 7 nitrogen and oxygen atoms in total. The number of anilines is 1. The van der Waals surface area contributed by atoms with Crippen molar-refractivity contribution in [1.29, 1.82) is 0 Å². The highest BCUT2D eigenvalue weighted by atomic mass is 32.1. The van der Waals surface area contributed by atoms with Gasteiger partial charge in [-0.2, -0.15) is 5.10 Å². The average Bonchev–Trinajstić information content (AvgIpc) is 2.95. The maximum Gasteiger partial charge on any atom is 0.238 e. The van der Waals surface area contributed by atoms with Gasteiger partial charge in [-0.1, -0.05) is 18.2 Å². The van der Waals surface area contributed by atoms with E-state index in [1.54, 1.807) is 0 Å². The molecule has 0 atom stereocenters. The van der Waals surface area contributed by atoms with Crippen LogP contribution < -0.4 is 5.32 Å². The van der Waals surface area contributed by atoms with Crippen LogP contribution in [0.15, 0.2) is 30.9 Å². The van der Waals surface area contributed by atoms with E-state index in [0.29, 0.717) is 19.8 Å². The van der Waals surface area contributed by atoms with Crippen molar-refractivity contribution in [2.75, 3.05) is 38.0 Å². The van der Waals surface area contributed by atoms with E-state index < -0.39 is 0 Å². The van der Waals surface area contributed by atoms with Gasteiger partial charge in [-0.15, -0.1) is 6.58 Å². The van der Waals surface area contributed by atoms with E-state index in [0.717, 1.165) is 48.0 Å². The summed E-state index contributed by atoms with van der Waals surface area (Å²) in [5.41, 5.74) is 3.20. The van der Waals surface area contributed by atoms with Crippen LogP contribution in [0.5, 0.6) is 0 Å². The summed E-state index contributed by atoms with van der Waals surface area (Å²) in [6.07, 6.45) is 1.83. The van der Waals surface area contributed by atoms with Crippen LogP contribution in [0.4, 0.5) is 5.69 Å². The normalized spacial score (nSPS) is 15.4. The summed E-state index contributed by atoms with van der Waals surface area (Å²) in [5, 5.41) is 7.61. The summed E-state index contributed by atoms with van der Waals surface area (Å²) in [6.45, 7) is 15.0. The van der Waals surface area contributed by atoms with Crippen molar-refractivity contribution in [1.82, 2.24) is 24.1 Å². The predicted octanol–water partition coefficient (Wildman–Crippen LogP) is 2.74. The van der Waals surface area contributed by atoms with E-state index in [1.807, 2.05) is 41.3 Å². The molecule has 0 bridgehead atoms. The smallest absolute Gasteiger partial charge is 0.238 e. The Morgan fingerprint density at radius 1 is 1.21 bits per heavy atom. The fourth-order valence-corrected chi connectivity index (χ4v) is 3.84. The van der Waals surface area contributed by atoms with Gasteiger partial charge in [0.15, 0.2) is 4.77 Å². The lowest BCUT2D eigenvalue weighted by Gasteiger charge is -2.34. The van der Waals surface area contributed by atoms with Crippen LogP contribution >= 0.6 is 12.2 Å². The Balaban J connectivity index is 1.50. The number of carbonyl (C=O) groups excluding carboxylic acids is 1. The van der Waals surface area contributed by atoms with E-state index in [9.17, 15) is 4.79 Å². The summed E-state index contributed by atoms with van der Waals surface area (Å²) in [6, 6.07) is 5.98. The van der Waals surface area contributed by atoms with Crippen molar-refractivity contribution in [3.63, 3.8) is 0 Å². The monoisotopic (exact) mass is 414 g/mol. The fraction of sp³-hybridized carbons (Fsp3) is 0.476. The number of allylic oxidation sites excluding steroid dienone is 1. The maximum atomic E-state index is 12.5. The van der Waals surface area contributed by atoms with Gasteiger partial charge in [-0.05, 0) is 50.2 Å². The molecule has 0 spiro atoms. The average molecular weight is 415 g/mol. The van der Waals surface area contributed by atoms with Crippen LogP contribution in [0.3, 0.4) is 0 Å². The molecular formula is C21H30N6OS. The predicted molar refractivity (Wildman–Crippen MR) is 119 cm³/mol. The molecule has 1 aromatic heterocycles. The number of hydrogen-bond acceptors (Lipinski definition) is 5. The first-order valence-corrected chi connectivity index (χ1v) is 10.4. The van der Waals surface area contributed by atoms with Crippen LogP contribution in [0.2, 0.25) is 0 Å². The molecule has 2 aromatic rings. The Morgan fingerprint density at radius 2 is 1.90 bits per heavy atom. The molecule has 2 heterocycles. The number of aromatic nitrogens is 3. The maximum absolute atomic E-state index is 12.5. The molecule has 1 aliphatic heterocycles. The van der Waals surface area contributed by atoms with Crippen molar-refractivity contribution in [3.05, 3.63) is 52.6 Å². The van der Waals surface area contributed by atoms with Gasteiger partial charge >= 0.3 is 0 Å². The summed E-state index contributed by atoms with van der Waals surface area (Å²) in [7, 11) is 0. The minimum atomic E-state index is 0.0353. The molecule has 1 saturated heterocycles. The Hall–Kier alpha value is -2.29. The van der Waals surface area contributed by atoms with Crippen molar-refractivity contribution in [3.8, 4) is 0 Å². The highest BCUT2D eigenvalue weighted by Crippen LogP contribution is 2.18. The highest BCUT2D eigenvalue weighted by molar-refractivity contribution is 7.71. The van der Waals surface area contributed by atoms with Crippen LogP contribution in [0.1, 0.15) is 17.0 Å². The first kappa shape index (κ1) is 21.4. The standard InChI is InChI=1S/C21H30N6OS/c1-5-9-26-18(4)23-27(21(26)29)15-25-12-10-24(11-13-25)14-20(28)22-19-8-6-7-16(2)17(19)3/h5-8H,1,9-15H2,2-4H3,(H,22,28). The second-order valence-electron chi connectivity index (χ2n) is 7.56. The molecule has 1 aliphatic rings. The van der Waals surface area contributed by atoms with Gasteiger partial charge in [0, 0.05) is 38.4 Å². The lowest BCUT2D eigenvalue weighted by molar-refractivity contribution is -0.117. The molecule has 3 rings (SSSR count). The van der Waals surface area contributed by atoms with Crippen molar-refractivity contribution in [2.24, 2.45) is 0 Å². The molecule has 0 radical (unpaired) electrons.